The van der Waals surface area contributed by atoms with Crippen LogP contribution in [-0.4, -0.2) is 26.7 Å². The molecule has 0 amide bonds. The van der Waals surface area contributed by atoms with Crippen molar-refractivity contribution in [3.8, 4) is 5.69 Å². The fourth-order valence-corrected chi connectivity index (χ4v) is 2.51. The summed E-state index contributed by atoms with van der Waals surface area (Å²) in [5, 5.41) is 17.7. The first-order valence-electron chi connectivity index (χ1n) is 6.59. The van der Waals surface area contributed by atoms with Gasteiger partial charge >= 0.3 is 11.9 Å². The second-order valence-electron chi connectivity index (χ2n) is 5.04. The van der Waals surface area contributed by atoms with Gasteiger partial charge in [0, 0.05) is 17.1 Å². The van der Waals surface area contributed by atoms with Crippen molar-refractivity contribution in [2.45, 2.75) is 26.7 Å². The van der Waals surface area contributed by atoms with Crippen LogP contribution in [0.4, 0.5) is 0 Å². The van der Waals surface area contributed by atoms with Crippen LogP contribution >= 0.6 is 0 Å². The van der Waals surface area contributed by atoms with Crippen molar-refractivity contribution < 1.29 is 19.8 Å². The zero-order chi connectivity index (χ0) is 15.6. The molecule has 0 bridgehead atoms. The van der Waals surface area contributed by atoms with Gasteiger partial charge in [-0.1, -0.05) is 12.1 Å². The monoisotopic (exact) mass is 287 g/mol. The summed E-state index contributed by atoms with van der Waals surface area (Å²) in [6.07, 6.45) is -0.00897. The van der Waals surface area contributed by atoms with E-state index in [2.05, 4.69) is 0 Å². The average molecular weight is 287 g/mol. The van der Waals surface area contributed by atoms with Crippen molar-refractivity contribution in [1.82, 2.24) is 4.57 Å². The molecule has 0 atom stereocenters. The Labute approximate surface area is 122 Å². The molecule has 1 aromatic heterocycles. The van der Waals surface area contributed by atoms with Crippen molar-refractivity contribution in [2.75, 3.05) is 0 Å². The maximum Gasteiger partial charge on any atom is 0.307 e. The second kappa shape index (κ2) is 5.83. The quantitative estimate of drug-likeness (QED) is 0.884. The highest BCUT2D eigenvalue weighted by atomic mass is 16.4. The molecule has 1 aromatic carbocycles. The molecule has 1 heterocycles. The van der Waals surface area contributed by atoms with Gasteiger partial charge < -0.3 is 14.8 Å². The molecule has 2 rings (SSSR count). The standard InChI is InChI=1S/C16H17NO4/c1-10-7-13(9-16(20)21)11(2)17(10)14-5-3-12(4-6-14)8-15(18)19/h3-7H,8-9H2,1-2H3,(H,18,19)(H,20,21). The van der Waals surface area contributed by atoms with Crippen LogP contribution in [-0.2, 0) is 22.4 Å². The first-order valence-corrected chi connectivity index (χ1v) is 6.59. The lowest BCUT2D eigenvalue weighted by molar-refractivity contribution is -0.137. The largest absolute Gasteiger partial charge is 0.481 e. The third kappa shape index (κ3) is 3.31. The predicted octanol–water partition coefficient (Wildman–Crippen LogP) is 2.35. The van der Waals surface area contributed by atoms with E-state index in [0.29, 0.717) is 0 Å². The number of aliphatic carboxylic acids is 2. The van der Waals surface area contributed by atoms with Crippen LogP contribution in [0, 0.1) is 13.8 Å². The van der Waals surface area contributed by atoms with E-state index in [1.807, 2.05) is 36.6 Å². The van der Waals surface area contributed by atoms with Crippen molar-refractivity contribution in [2.24, 2.45) is 0 Å². The molecule has 0 saturated carbocycles. The Morgan fingerprint density at radius 1 is 1.00 bits per heavy atom. The van der Waals surface area contributed by atoms with Gasteiger partial charge in [0.05, 0.1) is 12.8 Å². The normalized spacial score (nSPS) is 10.6. The zero-order valence-corrected chi connectivity index (χ0v) is 12.0. The Hall–Kier alpha value is -2.56. The number of carboxylic acids is 2. The minimum Gasteiger partial charge on any atom is -0.481 e. The number of nitrogens with zero attached hydrogens (tertiary/aromatic N) is 1. The van der Waals surface area contributed by atoms with Crippen molar-refractivity contribution in [3.63, 3.8) is 0 Å². The molecule has 0 spiro atoms. The SMILES string of the molecule is Cc1cc(CC(=O)O)c(C)n1-c1ccc(CC(=O)O)cc1. The van der Waals surface area contributed by atoms with Gasteiger partial charge in [-0.05, 0) is 43.2 Å². The maximum absolute atomic E-state index is 10.9. The van der Waals surface area contributed by atoms with Gasteiger partial charge in [-0.3, -0.25) is 9.59 Å². The molecule has 0 unspecified atom stereocenters. The van der Waals surface area contributed by atoms with Crippen LogP contribution in [0.3, 0.4) is 0 Å². The van der Waals surface area contributed by atoms with Crippen LogP contribution < -0.4 is 0 Å². The summed E-state index contributed by atoms with van der Waals surface area (Å²) < 4.78 is 1.98. The van der Waals surface area contributed by atoms with E-state index in [4.69, 9.17) is 10.2 Å². The summed E-state index contributed by atoms with van der Waals surface area (Å²) >= 11 is 0. The van der Waals surface area contributed by atoms with E-state index in [9.17, 15) is 9.59 Å². The van der Waals surface area contributed by atoms with Crippen LogP contribution in [0.5, 0.6) is 0 Å². The molecule has 2 aromatic rings. The molecule has 0 aliphatic heterocycles. The number of rotatable bonds is 5. The van der Waals surface area contributed by atoms with Gasteiger partial charge in [-0.15, -0.1) is 0 Å². The summed E-state index contributed by atoms with van der Waals surface area (Å²) in [5.74, 6) is -1.72. The molecule has 21 heavy (non-hydrogen) atoms. The first-order chi connectivity index (χ1) is 9.88. The number of aryl methyl sites for hydroxylation is 1. The summed E-state index contributed by atoms with van der Waals surface area (Å²) in [7, 11) is 0. The van der Waals surface area contributed by atoms with Crippen molar-refractivity contribution >= 4 is 11.9 Å². The highest BCUT2D eigenvalue weighted by Gasteiger charge is 2.13. The van der Waals surface area contributed by atoms with Gasteiger partial charge in [0.25, 0.3) is 0 Å². The van der Waals surface area contributed by atoms with E-state index in [0.717, 1.165) is 28.2 Å². The Morgan fingerprint density at radius 2 is 1.57 bits per heavy atom. The molecule has 0 aliphatic rings. The smallest absolute Gasteiger partial charge is 0.307 e. The highest BCUT2D eigenvalue weighted by molar-refractivity contribution is 5.71. The predicted molar refractivity (Wildman–Crippen MR) is 77.9 cm³/mol. The van der Waals surface area contributed by atoms with Gasteiger partial charge in [0.1, 0.15) is 0 Å². The number of carboxylic acid groups (broad SMARTS) is 2. The molecule has 2 N–H and O–H groups in total. The molecule has 0 saturated heterocycles. The van der Waals surface area contributed by atoms with Crippen molar-refractivity contribution in [3.05, 3.63) is 52.8 Å². The third-order valence-corrected chi connectivity index (χ3v) is 3.43. The van der Waals surface area contributed by atoms with E-state index in [-0.39, 0.29) is 12.8 Å². The van der Waals surface area contributed by atoms with Crippen LogP contribution in [0.25, 0.3) is 5.69 Å². The number of hydrogen-bond donors (Lipinski definition) is 2. The minimum absolute atomic E-state index is 0.00320. The third-order valence-electron chi connectivity index (χ3n) is 3.43. The summed E-state index contributed by atoms with van der Waals surface area (Å²) in [6.45, 7) is 3.81. The lowest BCUT2D eigenvalue weighted by atomic mass is 10.1. The van der Waals surface area contributed by atoms with Crippen molar-refractivity contribution in [1.29, 1.82) is 0 Å². The van der Waals surface area contributed by atoms with E-state index in [1.54, 1.807) is 12.1 Å². The van der Waals surface area contributed by atoms with Crippen LogP contribution in [0.15, 0.2) is 30.3 Å². The van der Waals surface area contributed by atoms with E-state index in [1.165, 1.54) is 0 Å². The Bertz CT molecular complexity index is 683. The Kier molecular flexibility index (Phi) is 4.12. The molecule has 5 heteroatoms. The van der Waals surface area contributed by atoms with Gasteiger partial charge in [-0.25, -0.2) is 0 Å². The van der Waals surface area contributed by atoms with Crippen LogP contribution in [0.1, 0.15) is 22.5 Å². The lowest BCUT2D eigenvalue weighted by Crippen LogP contribution is -2.04. The van der Waals surface area contributed by atoms with E-state index < -0.39 is 11.9 Å². The topological polar surface area (TPSA) is 79.5 Å². The van der Waals surface area contributed by atoms with E-state index >= 15 is 0 Å². The lowest BCUT2D eigenvalue weighted by Gasteiger charge is -2.10. The zero-order valence-electron chi connectivity index (χ0n) is 12.0. The highest BCUT2D eigenvalue weighted by Crippen LogP contribution is 2.21. The number of aromatic nitrogens is 1. The molecule has 5 nitrogen and oxygen atoms in total. The number of hydrogen-bond acceptors (Lipinski definition) is 2. The van der Waals surface area contributed by atoms with Gasteiger partial charge in [-0.2, -0.15) is 0 Å². The second-order valence-corrected chi connectivity index (χ2v) is 5.04. The molecule has 0 radical (unpaired) electrons. The number of benzene rings is 1. The summed E-state index contributed by atoms with van der Waals surface area (Å²) in [4.78, 5) is 21.5. The number of carbonyl (C=O) groups is 2. The maximum atomic E-state index is 10.9. The molecule has 0 aliphatic carbocycles. The fraction of sp³-hybridized carbons (Fsp3) is 0.250. The first kappa shape index (κ1) is 14.8. The summed E-state index contributed by atoms with van der Waals surface area (Å²) in [6, 6.07) is 9.12. The Morgan fingerprint density at radius 3 is 2.10 bits per heavy atom. The van der Waals surface area contributed by atoms with Crippen LogP contribution in [0.2, 0.25) is 0 Å². The average Bonchev–Trinajstić information content (AvgIpc) is 2.64. The van der Waals surface area contributed by atoms with Gasteiger partial charge in [0.2, 0.25) is 0 Å². The molecule has 110 valence electrons. The molecule has 0 fully saturated rings. The molecular weight excluding hydrogens is 270 g/mol. The van der Waals surface area contributed by atoms with Gasteiger partial charge in [0.15, 0.2) is 0 Å². The minimum atomic E-state index is -0.861. The Balaban J connectivity index is 2.35. The molecular formula is C16H17NO4. The fourth-order valence-electron chi connectivity index (χ4n) is 2.51. The summed E-state index contributed by atoms with van der Waals surface area (Å²) in [5.41, 5.74) is 4.26.